The number of nitrogens with zero attached hydrogens (tertiary/aromatic N) is 1. The van der Waals surface area contributed by atoms with E-state index in [9.17, 15) is 4.79 Å². The van der Waals surface area contributed by atoms with Gasteiger partial charge < -0.3 is 15.4 Å². The summed E-state index contributed by atoms with van der Waals surface area (Å²) in [7, 11) is 0. The summed E-state index contributed by atoms with van der Waals surface area (Å²) >= 11 is 0. The lowest BCUT2D eigenvalue weighted by molar-refractivity contribution is -0.131. The van der Waals surface area contributed by atoms with Gasteiger partial charge in [0.2, 0.25) is 5.91 Å². The molecule has 0 radical (unpaired) electrons. The quantitative estimate of drug-likeness (QED) is 0.610. The first-order chi connectivity index (χ1) is 6.20. The molecule has 0 saturated carbocycles. The van der Waals surface area contributed by atoms with Crippen LogP contribution in [0.2, 0.25) is 0 Å². The summed E-state index contributed by atoms with van der Waals surface area (Å²) in [6.45, 7) is 3.60. The van der Waals surface area contributed by atoms with Crippen molar-refractivity contribution in [1.82, 2.24) is 4.90 Å². The van der Waals surface area contributed by atoms with Crippen LogP contribution in [0.15, 0.2) is 0 Å². The SMILES string of the molecule is CC1OCCC1N1CCC(N)C1=O. The van der Waals surface area contributed by atoms with Crippen LogP contribution in [0.3, 0.4) is 0 Å². The fourth-order valence-corrected chi connectivity index (χ4v) is 2.18. The van der Waals surface area contributed by atoms with Crippen molar-refractivity contribution in [3.05, 3.63) is 0 Å². The van der Waals surface area contributed by atoms with Gasteiger partial charge >= 0.3 is 0 Å². The summed E-state index contributed by atoms with van der Waals surface area (Å²) < 4.78 is 5.43. The molecule has 0 spiro atoms. The number of likely N-dealkylation sites (tertiary alicyclic amines) is 1. The molecule has 0 aromatic rings. The molecule has 2 saturated heterocycles. The molecule has 0 aromatic carbocycles. The highest BCUT2D eigenvalue weighted by atomic mass is 16.5. The van der Waals surface area contributed by atoms with Crippen LogP contribution < -0.4 is 5.73 Å². The van der Waals surface area contributed by atoms with Crippen molar-refractivity contribution in [3.8, 4) is 0 Å². The van der Waals surface area contributed by atoms with Gasteiger partial charge in [0.1, 0.15) is 0 Å². The second kappa shape index (κ2) is 3.27. The second-order valence-electron chi connectivity index (χ2n) is 3.86. The average Bonchev–Trinajstić information content (AvgIpc) is 2.62. The van der Waals surface area contributed by atoms with Gasteiger partial charge in [-0.2, -0.15) is 0 Å². The van der Waals surface area contributed by atoms with Crippen LogP contribution >= 0.6 is 0 Å². The third kappa shape index (κ3) is 1.44. The first kappa shape index (κ1) is 8.97. The molecule has 0 bridgehead atoms. The number of amides is 1. The lowest BCUT2D eigenvalue weighted by atomic mass is 10.1. The summed E-state index contributed by atoms with van der Waals surface area (Å²) in [6.07, 6.45) is 1.93. The first-order valence-electron chi connectivity index (χ1n) is 4.88. The summed E-state index contributed by atoms with van der Waals surface area (Å²) in [6, 6.07) is -0.00569. The van der Waals surface area contributed by atoms with E-state index in [1.807, 2.05) is 11.8 Å². The Bertz CT molecular complexity index is 220. The normalized spacial score (nSPS) is 40.3. The van der Waals surface area contributed by atoms with Gasteiger partial charge in [-0.05, 0) is 19.8 Å². The monoisotopic (exact) mass is 184 g/mol. The number of carbonyl (C=O) groups excluding carboxylic acids is 1. The van der Waals surface area contributed by atoms with E-state index in [0.717, 1.165) is 26.0 Å². The second-order valence-corrected chi connectivity index (χ2v) is 3.86. The summed E-state index contributed by atoms with van der Waals surface area (Å²) in [5, 5.41) is 0. The molecule has 0 aromatic heterocycles. The van der Waals surface area contributed by atoms with Gasteiger partial charge in [-0.3, -0.25) is 4.79 Å². The Labute approximate surface area is 78.0 Å². The van der Waals surface area contributed by atoms with Gasteiger partial charge in [0.05, 0.1) is 18.2 Å². The molecule has 3 unspecified atom stereocenters. The number of carbonyl (C=O) groups is 1. The first-order valence-corrected chi connectivity index (χ1v) is 4.88. The molecule has 4 nitrogen and oxygen atoms in total. The Balaban J connectivity index is 2.04. The molecular weight excluding hydrogens is 168 g/mol. The molecule has 2 fully saturated rings. The standard InChI is InChI=1S/C9H16N2O2/c1-6-8(3-5-13-6)11-4-2-7(10)9(11)12/h6-8H,2-5,10H2,1H3. The van der Waals surface area contributed by atoms with E-state index in [0.29, 0.717) is 0 Å². The Morgan fingerprint density at radius 2 is 2.31 bits per heavy atom. The molecule has 74 valence electrons. The highest BCUT2D eigenvalue weighted by molar-refractivity contribution is 5.84. The molecule has 3 atom stereocenters. The fraction of sp³-hybridized carbons (Fsp3) is 0.889. The van der Waals surface area contributed by atoms with Gasteiger partial charge in [-0.15, -0.1) is 0 Å². The van der Waals surface area contributed by atoms with Crippen LogP contribution in [-0.4, -0.2) is 42.1 Å². The minimum absolute atomic E-state index is 0.0994. The van der Waals surface area contributed by atoms with Gasteiger partial charge in [0, 0.05) is 13.2 Å². The largest absolute Gasteiger partial charge is 0.376 e. The Morgan fingerprint density at radius 1 is 1.54 bits per heavy atom. The van der Waals surface area contributed by atoms with Gasteiger partial charge in [0.15, 0.2) is 0 Å². The smallest absolute Gasteiger partial charge is 0.239 e. The van der Waals surface area contributed by atoms with Crippen LogP contribution in [0, 0.1) is 0 Å². The highest BCUT2D eigenvalue weighted by Crippen LogP contribution is 2.23. The van der Waals surface area contributed by atoms with Crippen LogP contribution in [0.4, 0.5) is 0 Å². The number of ether oxygens (including phenoxy) is 1. The molecule has 1 amide bonds. The van der Waals surface area contributed by atoms with Crippen LogP contribution in [0.25, 0.3) is 0 Å². The maximum Gasteiger partial charge on any atom is 0.239 e. The molecule has 2 aliphatic heterocycles. The van der Waals surface area contributed by atoms with Gasteiger partial charge in [-0.1, -0.05) is 0 Å². The topological polar surface area (TPSA) is 55.6 Å². The van der Waals surface area contributed by atoms with Crippen LogP contribution in [0.5, 0.6) is 0 Å². The summed E-state index contributed by atoms with van der Waals surface area (Å²) in [5.41, 5.74) is 5.65. The van der Waals surface area contributed by atoms with Crippen molar-refractivity contribution in [1.29, 1.82) is 0 Å². The lowest BCUT2D eigenvalue weighted by Gasteiger charge is -2.26. The van der Waals surface area contributed by atoms with E-state index in [4.69, 9.17) is 10.5 Å². The van der Waals surface area contributed by atoms with E-state index in [-0.39, 0.29) is 24.1 Å². The van der Waals surface area contributed by atoms with E-state index in [1.165, 1.54) is 0 Å². The Kier molecular flexibility index (Phi) is 2.26. The molecule has 4 heteroatoms. The minimum atomic E-state index is -0.271. The number of nitrogens with two attached hydrogens (primary N) is 1. The van der Waals surface area contributed by atoms with Crippen molar-refractivity contribution < 1.29 is 9.53 Å². The maximum absolute atomic E-state index is 11.6. The fourth-order valence-electron chi connectivity index (χ4n) is 2.18. The van der Waals surface area contributed by atoms with E-state index in [2.05, 4.69) is 0 Å². The molecule has 2 rings (SSSR count). The van der Waals surface area contributed by atoms with Crippen molar-refractivity contribution in [2.24, 2.45) is 5.73 Å². The molecular formula is C9H16N2O2. The summed E-state index contributed by atoms with van der Waals surface area (Å²) in [4.78, 5) is 13.5. The molecule has 2 N–H and O–H groups in total. The van der Waals surface area contributed by atoms with E-state index < -0.39 is 0 Å². The maximum atomic E-state index is 11.6. The van der Waals surface area contributed by atoms with Crippen molar-refractivity contribution in [2.75, 3.05) is 13.2 Å². The third-order valence-electron chi connectivity index (χ3n) is 3.02. The minimum Gasteiger partial charge on any atom is -0.376 e. The number of hydrogen-bond donors (Lipinski definition) is 1. The third-order valence-corrected chi connectivity index (χ3v) is 3.02. The molecule has 2 aliphatic rings. The zero-order valence-electron chi connectivity index (χ0n) is 7.90. The highest BCUT2D eigenvalue weighted by Gasteiger charge is 2.38. The molecule has 2 heterocycles. The van der Waals surface area contributed by atoms with Gasteiger partial charge in [-0.25, -0.2) is 0 Å². The van der Waals surface area contributed by atoms with E-state index in [1.54, 1.807) is 0 Å². The average molecular weight is 184 g/mol. The van der Waals surface area contributed by atoms with Crippen molar-refractivity contribution in [3.63, 3.8) is 0 Å². The summed E-state index contributed by atoms with van der Waals surface area (Å²) in [5.74, 6) is 0.0994. The van der Waals surface area contributed by atoms with Crippen LogP contribution in [0.1, 0.15) is 19.8 Å². The Hall–Kier alpha value is -0.610. The Morgan fingerprint density at radius 3 is 2.77 bits per heavy atom. The van der Waals surface area contributed by atoms with Crippen molar-refractivity contribution >= 4 is 5.91 Å². The van der Waals surface area contributed by atoms with Gasteiger partial charge in [0.25, 0.3) is 0 Å². The predicted octanol–water partition coefficient (Wildman–Crippen LogP) is -0.277. The zero-order valence-corrected chi connectivity index (χ0v) is 7.90. The predicted molar refractivity (Wildman–Crippen MR) is 48.1 cm³/mol. The lowest BCUT2D eigenvalue weighted by Crippen LogP contribution is -2.43. The van der Waals surface area contributed by atoms with Crippen LogP contribution in [-0.2, 0) is 9.53 Å². The number of rotatable bonds is 1. The van der Waals surface area contributed by atoms with Crippen molar-refractivity contribution in [2.45, 2.75) is 38.0 Å². The molecule has 13 heavy (non-hydrogen) atoms. The zero-order chi connectivity index (χ0) is 9.42. The van der Waals surface area contributed by atoms with E-state index >= 15 is 0 Å². The number of hydrogen-bond acceptors (Lipinski definition) is 3. The molecule has 0 aliphatic carbocycles.